The molecule has 550 valence electrons. The molecular formula is C77H103N10O12PS2. The van der Waals surface area contributed by atoms with Crippen molar-refractivity contribution in [3.63, 3.8) is 0 Å². The van der Waals surface area contributed by atoms with Crippen LogP contribution in [0, 0.1) is 12.5 Å². The third kappa shape index (κ3) is 24.2. The number of aromatic amines is 1. The number of hydrogen-bond donors (Lipinski definition) is 3. The Morgan fingerprint density at radius 2 is 1.36 bits per heavy atom. The number of H-pyrrole nitrogens is 1. The van der Waals surface area contributed by atoms with Crippen LogP contribution < -0.4 is 30.6 Å². The normalized spacial score (nSPS) is 14.6. The highest BCUT2D eigenvalue weighted by Gasteiger charge is 2.44. The number of fused-ring (bicyclic) bond motifs is 1. The molecule has 4 atom stereocenters. The van der Waals surface area contributed by atoms with Gasteiger partial charge in [0.15, 0.2) is 11.2 Å². The van der Waals surface area contributed by atoms with Gasteiger partial charge in [-0.05, 0) is 152 Å². The number of benzene rings is 4. The first-order valence-corrected chi connectivity index (χ1v) is 38.9. The summed E-state index contributed by atoms with van der Waals surface area (Å²) in [4.78, 5) is 114. The summed E-state index contributed by atoms with van der Waals surface area (Å²) in [6, 6.07) is 32.1. The van der Waals surface area contributed by atoms with Gasteiger partial charge in [0.1, 0.15) is 35.3 Å². The van der Waals surface area contributed by atoms with Crippen molar-refractivity contribution in [2.75, 3.05) is 56.5 Å². The minimum Gasteiger partial charge on any atom is -0.497 e. The van der Waals surface area contributed by atoms with Gasteiger partial charge in [0.2, 0.25) is 30.2 Å². The second-order valence-corrected chi connectivity index (χ2v) is 31.8. The van der Waals surface area contributed by atoms with E-state index in [1.165, 1.54) is 18.0 Å². The van der Waals surface area contributed by atoms with E-state index >= 15 is 0 Å². The fourth-order valence-corrected chi connectivity index (χ4v) is 16.5. The lowest BCUT2D eigenvalue weighted by Crippen LogP contribution is -2.42. The SMILES string of the molecule is [C-]#[N+]CCOP(O[C@@H]1C[C@@H](COC(c2ccccc2)(c2ccc(OC)cc2)c2ccc(OC)cc2)N(C(=O)CCC(C)(C)SSCCCC(=O)CCCCCCCC(=O)CC[C@@H](C)NC(=O)c2ccc(N(Cc3cnc4nc(NC(=O)C(C)C)[nH]c(=O)c4n3)C(C)=O)cc2)C1)N(C(C)C)C(C)C. The van der Waals surface area contributed by atoms with Crippen molar-refractivity contribution in [2.45, 2.75) is 206 Å². The van der Waals surface area contributed by atoms with Gasteiger partial charge >= 0.3 is 0 Å². The van der Waals surface area contributed by atoms with Gasteiger partial charge in [-0.3, -0.25) is 43.9 Å². The third-order valence-electron chi connectivity index (χ3n) is 17.7. The van der Waals surface area contributed by atoms with Crippen LogP contribution in [0.15, 0.2) is 114 Å². The van der Waals surface area contributed by atoms with Crippen LogP contribution in [0.3, 0.4) is 0 Å². The zero-order chi connectivity index (χ0) is 73.9. The molecule has 0 spiro atoms. The summed E-state index contributed by atoms with van der Waals surface area (Å²) in [5.41, 5.74) is 2.20. The number of unbranched alkanes of at least 4 members (excludes halogenated alkanes) is 4. The number of nitrogens with zero attached hydrogens (tertiary/aromatic N) is 7. The summed E-state index contributed by atoms with van der Waals surface area (Å²) in [6.07, 6.45) is 10.0. The minimum atomic E-state index is -1.57. The Hall–Kier alpha value is -7.62. The maximum absolute atomic E-state index is 14.8. The predicted octanol–water partition coefficient (Wildman–Crippen LogP) is 14.6. The van der Waals surface area contributed by atoms with Crippen LogP contribution in [-0.4, -0.2) is 146 Å². The number of rotatable bonds is 43. The van der Waals surface area contributed by atoms with Gasteiger partial charge in [-0.2, -0.15) is 4.98 Å². The molecule has 1 saturated heterocycles. The number of Topliss-reactive ketones (excluding diaryl/α,β-unsaturated/α-hetero) is 2. The Bertz CT molecular complexity index is 3750. The van der Waals surface area contributed by atoms with Gasteiger partial charge in [0, 0.05) is 91.4 Å². The quantitative estimate of drug-likeness (QED) is 0.0106. The average Bonchev–Trinajstić information content (AvgIpc) is 0.903. The molecule has 0 aliphatic carbocycles. The molecule has 1 aliphatic rings. The van der Waals surface area contributed by atoms with Crippen LogP contribution in [-0.2, 0) is 49.9 Å². The molecule has 22 nitrogen and oxygen atoms in total. The fourth-order valence-electron chi connectivity index (χ4n) is 12.1. The van der Waals surface area contributed by atoms with Crippen molar-refractivity contribution in [1.82, 2.24) is 34.8 Å². The van der Waals surface area contributed by atoms with Crippen LogP contribution in [0.4, 0.5) is 11.6 Å². The summed E-state index contributed by atoms with van der Waals surface area (Å²) in [5, 5.41) is 5.52. The van der Waals surface area contributed by atoms with Gasteiger partial charge in [-0.1, -0.05) is 109 Å². The summed E-state index contributed by atoms with van der Waals surface area (Å²) < 4.78 is 34.0. The van der Waals surface area contributed by atoms with Crippen molar-refractivity contribution in [2.24, 2.45) is 5.92 Å². The highest BCUT2D eigenvalue weighted by molar-refractivity contribution is 8.77. The largest absolute Gasteiger partial charge is 0.497 e. The van der Waals surface area contributed by atoms with E-state index in [0.717, 1.165) is 61.0 Å². The second-order valence-electron chi connectivity index (χ2n) is 27.3. The molecule has 0 radical (unpaired) electrons. The molecule has 0 bridgehead atoms. The highest BCUT2D eigenvalue weighted by atomic mass is 33.1. The Morgan fingerprint density at radius 3 is 1.95 bits per heavy atom. The van der Waals surface area contributed by atoms with E-state index in [-0.39, 0.29) is 120 Å². The molecule has 1 aliphatic heterocycles. The van der Waals surface area contributed by atoms with Crippen molar-refractivity contribution in [1.29, 1.82) is 0 Å². The molecule has 4 amide bonds. The van der Waals surface area contributed by atoms with Crippen molar-refractivity contribution in [3.8, 4) is 11.5 Å². The summed E-state index contributed by atoms with van der Waals surface area (Å²) in [5.74, 6) is 1.37. The lowest BCUT2D eigenvalue weighted by atomic mass is 9.80. The zero-order valence-corrected chi connectivity index (χ0v) is 63.8. The highest BCUT2D eigenvalue weighted by Crippen LogP contribution is 2.49. The maximum atomic E-state index is 14.8. The zero-order valence-electron chi connectivity index (χ0n) is 61.3. The molecule has 6 aromatic rings. The molecule has 3 N–H and O–H groups in total. The number of aromatic nitrogens is 4. The number of amides is 4. The van der Waals surface area contributed by atoms with Gasteiger partial charge in [-0.15, -0.1) is 0 Å². The van der Waals surface area contributed by atoms with E-state index in [9.17, 15) is 33.6 Å². The van der Waals surface area contributed by atoms with Gasteiger partial charge in [-0.25, -0.2) is 21.2 Å². The van der Waals surface area contributed by atoms with E-state index in [2.05, 4.69) is 93.8 Å². The summed E-state index contributed by atoms with van der Waals surface area (Å²) >= 11 is 0. The number of anilines is 2. The number of hydrogen-bond acceptors (Lipinski definition) is 18. The molecule has 1 fully saturated rings. The molecule has 2 aromatic heterocycles. The molecular weight excluding hydrogens is 1350 g/mol. The van der Waals surface area contributed by atoms with Gasteiger partial charge in [0.25, 0.3) is 20.0 Å². The standard InChI is InChI=1S/C77H103N10O12PS2/c1-52(2)72(92)83-75-82-71-70(74(94)84-75)81-61(48-79-71)49-85(56(8)88)62-35-29-57(30-36-62)73(93)80-55(7)28-37-65(90)26-21-16-14-15-20-25-64(89)27-22-46-101-102-76(9,10)43-42-69(91)86-50-68(99-100(98-45-44-78-11)87(53(3)4)54(5)6)47-63(86)51-97-77(58-23-18-17-19-24-58,59-31-38-66(95-12)39-32-59)60-33-40-67(96-13)41-34-60/h17-19,23-24,29-36,38-41,48,52-55,63,68H,14-16,20-22,25-28,37,42-47,49-51H2,1-10,12-13H3,(H,80,93)(H2,79,82,83,84,92,94)/t55-,63+,68-,100?/m1/s1. The fraction of sp³-hybridized carbons (Fsp3) is 0.519. The van der Waals surface area contributed by atoms with Crippen LogP contribution in [0.1, 0.15) is 192 Å². The number of ether oxygens (including phenoxy) is 3. The molecule has 7 rings (SSSR count). The van der Waals surface area contributed by atoms with Crippen LogP contribution >= 0.6 is 30.1 Å². The Kier molecular flexibility index (Phi) is 32.4. The van der Waals surface area contributed by atoms with Crippen LogP contribution in [0.2, 0.25) is 0 Å². The lowest BCUT2D eigenvalue weighted by molar-refractivity contribution is -0.134. The van der Waals surface area contributed by atoms with Crippen molar-refractivity contribution in [3.05, 3.63) is 159 Å². The lowest BCUT2D eigenvalue weighted by Gasteiger charge is -2.38. The van der Waals surface area contributed by atoms with E-state index < -0.39 is 19.7 Å². The van der Waals surface area contributed by atoms with E-state index in [0.29, 0.717) is 86.4 Å². The van der Waals surface area contributed by atoms with Crippen molar-refractivity contribution >= 4 is 88.1 Å². The molecule has 25 heteroatoms. The molecule has 1 unspecified atom stereocenters. The smallest absolute Gasteiger partial charge is 0.280 e. The van der Waals surface area contributed by atoms with E-state index in [4.69, 9.17) is 29.8 Å². The van der Waals surface area contributed by atoms with Crippen LogP contribution in [0.5, 0.6) is 11.5 Å². The molecule has 4 aromatic carbocycles. The number of methoxy groups -OCH3 is 2. The van der Waals surface area contributed by atoms with Crippen molar-refractivity contribution < 1.29 is 52.0 Å². The number of carbonyl (C=O) groups excluding carboxylic acids is 6. The number of carbonyl (C=O) groups is 6. The Balaban J connectivity index is 0.817. The van der Waals surface area contributed by atoms with Crippen LogP contribution in [0.25, 0.3) is 16.0 Å². The predicted molar refractivity (Wildman–Crippen MR) is 406 cm³/mol. The summed E-state index contributed by atoms with van der Waals surface area (Å²) in [7, 11) is 5.22. The maximum Gasteiger partial charge on any atom is 0.280 e. The third-order valence-corrected chi connectivity index (χ3v) is 23.3. The molecule has 0 saturated carbocycles. The second kappa shape index (κ2) is 40.4. The Morgan fingerprint density at radius 1 is 0.765 bits per heavy atom. The first-order chi connectivity index (χ1) is 48.8. The van der Waals surface area contributed by atoms with Gasteiger partial charge in [0.05, 0.1) is 51.4 Å². The summed E-state index contributed by atoms with van der Waals surface area (Å²) in [6.45, 7) is 27.9. The number of nitrogens with one attached hydrogen (secondary N) is 3. The van der Waals surface area contributed by atoms with E-state index in [1.807, 2.05) is 78.6 Å². The molecule has 3 heterocycles. The number of ketones is 2. The first-order valence-electron chi connectivity index (χ1n) is 35.4. The Labute approximate surface area is 610 Å². The monoisotopic (exact) mass is 1450 g/mol. The average molecular weight is 1460 g/mol. The molecule has 102 heavy (non-hydrogen) atoms. The van der Waals surface area contributed by atoms with Gasteiger partial charge < -0.3 is 43.2 Å². The first kappa shape index (κ1) is 81.7. The minimum absolute atomic E-state index is 0.0120. The topological polar surface area (TPSA) is 258 Å². The van der Waals surface area contributed by atoms with E-state index in [1.54, 1.807) is 73.9 Å². The number of likely N-dealkylation sites (tertiary alicyclic amines) is 1.